The SMILES string of the molecule is Cc1cc(F)cc(C(=O)N2C[C@H](C(=O)O)[C@@H](C3CC3)C2)c1[N+](=O)[O-]. The highest BCUT2D eigenvalue weighted by Crippen LogP contribution is 2.44. The van der Waals surface area contributed by atoms with Gasteiger partial charge in [0.25, 0.3) is 11.6 Å². The zero-order chi connectivity index (χ0) is 17.6. The van der Waals surface area contributed by atoms with E-state index in [1.807, 2.05) is 0 Å². The maximum atomic E-state index is 13.7. The van der Waals surface area contributed by atoms with Crippen LogP contribution in [0.2, 0.25) is 0 Å². The van der Waals surface area contributed by atoms with E-state index in [-0.39, 0.29) is 36.1 Å². The number of nitro groups is 1. The molecule has 24 heavy (non-hydrogen) atoms. The first kappa shape index (κ1) is 16.4. The van der Waals surface area contributed by atoms with Crippen molar-refractivity contribution in [2.75, 3.05) is 13.1 Å². The van der Waals surface area contributed by atoms with E-state index in [1.165, 1.54) is 11.8 Å². The number of rotatable bonds is 4. The van der Waals surface area contributed by atoms with Crippen LogP contribution in [-0.4, -0.2) is 39.9 Å². The second-order valence-electron chi connectivity index (χ2n) is 6.53. The Morgan fingerprint density at radius 1 is 1.33 bits per heavy atom. The molecule has 1 aliphatic heterocycles. The second kappa shape index (κ2) is 5.85. The van der Waals surface area contributed by atoms with Crippen LogP contribution in [0.1, 0.15) is 28.8 Å². The average Bonchev–Trinajstić information content (AvgIpc) is 3.23. The number of benzene rings is 1. The van der Waals surface area contributed by atoms with Gasteiger partial charge in [0.05, 0.1) is 10.8 Å². The molecule has 8 heteroatoms. The fourth-order valence-electron chi connectivity index (χ4n) is 3.57. The summed E-state index contributed by atoms with van der Waals surface area (Å²) in [6, 6.07) is 1.86. The first-order valence-corrected chi connectivity index (χ1v) is 7.76. The summed E-state index contributed by atoms with van der Waals surface area (Å²) < 4.78 is 13.7. The number of nitro benzene ring substituents is 1. The topological polar surface area (TPSA) is 101 Å². The molecule has 1 aliphatic carbocycles. The fraction of sp³-hybridized carbons (Fsp3) is 0.500. The van der Waals surface area contributed by atoms with Gasteiger partial charge in [-0.25, -0.2) is 4.39 Å². The van der Waals surface area contributed by atoms with E-state index in [0.29, 0.717) is 0 Å². The van der Waals surface area contributed by atoms with Crippen LogP contribution >= 0.6 is 0 Å². The number of aliphatic carboxylic acids is 1. The van der Waals surface area contributed by atoms with E-state index in [4.69, 9.17) is 0 Å². The Kier molecular flexibility index (Phi) is 3.98. The molecule has 2 aliphatic rings. The molecule has 0 radical (unpaired) electrons. The van der Waals surface area contributed by atoms with E-state index in [0.717, 1.165) is 25.0 Å². The van der Waals surface area contributed by atoms with E-state index < -0.39 is 34.2 Å². The first-order valence-electron chi connectivity index (χ1n) is 7.76. The fourth-order valence-corrected chi connectivity index (χ4v) is 3.57. The van der Waals surface area contributed by atoms with Crippen LogP contribution in [0.4, 0.5) is 10.1 Å². The van der Waals surface area contributed by atoms with Crippen molar-refractivity contribution < 1.29 is 24.0 Å². The number of likely N-dealkylation sites (tertiary alicyclic amines) is 1. The highest BCUT2D eigenvalue weighted by atomic mass is 19.1. The Bertz CT molecular complexity index is 731. The number of carbonyl (C=O) groups is 2. The quantitative estimate of drug-likeness (QED) is 0.671. The number of nitrogens with zero attached hydrogens (tertiary/aromatic N) is 2. The minimum absolute atomic E-state index is 0.00203. The molecule has 1 amide bonds. The van der Waals surface area contributed by atoms with Gasteiger partial charge in [0.1, 0.15) is 11.4 Å². The lowest BCUT2D eigenvalue weighted by atomic mass is 9.92. The van der Waals surface area contributed by atoms with E-state index in [1.54, 1.807) is 0 Å². The number of carbonyl (C=O) groups excluding carboxylic acids is 1. The first-order chi connectivity index (χ1) is 11.3. The number of carboxylic acid groups (broad SMARTS) is 1. The smallest absolute Gasteiger partial charge is 0.308 e. The van der Waals surface area contributed by atoms with Crippen molar-refractivity contribution in [2.45, 2.75) is 19.8 Å². The third-order valence-corrected chi connectivity index (χ3v) is 4.88. The van der Waals surface area contributed by atoms with Crippen LogP contribution in [0.15, 0.2) is 12.1 Å². The van der Waals surface area contributed by atoms with Gasteiger partial charge in [0.2, 0.25) is 0 Å². The van der Waals surface area contributed by atoms with Crippen molar-refractivity contribution in [3.05, 3.63) is 39.2 Å². The van der Waals surface area contributed by atoms with Crippen molar-refractivity contribution in [1.82, 2.24) is 4.90 Å². The van der Waals surface area contributed by atoms with Crippen LogP contribution in [0.25, 0.3) is 0 Å². The minimum Gasteiger partial charge on any atom is -0.481 e. The summed E-state index contributed by atoms with van der Waals surface area (Å²) in [6.45, 7) is 1.62. The molecular formula is C16H17FN2O5. The Balaban J connectivity index is 1.92. The standard InChI is InChI=1S/C16H17FN2O5/c1-8-4-10(17)5-11(14(8)19(23)24)15(20)18-6-12(9-2-3-9)13(7-18)16(21)22/h4-5,9,12-13H,2-3,6-7H2,1H3,(H,21,22)/t12-,13+/m1/s1. The number of hydrogen-bond acceptors (Lipinski definition) is 4. The molecule has 1 saturated carbocycles. The normalized spacial score (nSPS) is 23.3. The molecule has 2 atom stereocenters. The van der Waals surface area contributed by atoms with E-state index >= 15 is 0 Å². The highest BCUT2D eigenvalue weighted by Gasteiger charge is 2.47. The number of amides is 1. The summed E-state index contributed by atoms with van der Waals surface area (Å²) in [4.78, 5) is 36.0. The van der Waals surface area contributed by atoms with E-state index in [9.17, 15) is 29.2 Å². The van der Waals surface area contributed by atoms with Crippen LogP contribution in [0.3, 0.4) is 0 Å². The molecule has 2 fully saturated rings. The van der Waals surface area contributed by atoms with Crippen molar-refractivity contribution in [2.24, 2.45) is 17.8 Å². The molecular weight excluding hydrogens is 319 g/mol. The zero-order valence-corrected chi connectivity index (χ0v) is 13.1. The number of halogens is 1. The molecule has 0 spiro atoms. The minimum atomic E-state index is -0.966. The lowest BCUT2D eigenvalue weighted by Crippen LogP contribution is -2.30. The van der Waals surface area contributed by atoms with Crippen molar-refractivity contribution in [3.8, 4) is 0 Å². The third-order valence-electron chi connectivity index (χ3n) is 4.88. The molecule has 128 valence electrons. The molecule has 1 aromatic rings. The zero-order valence-electron chi connectivity index (χ0n) is 13.1. The molecule has 0 unspecified atom stereocenters. The largest absolute Gasteiger partial charge is 0.481 e. The maximum Gasteiger partial charge on any atom is 0.308 e. The number of hydrogen-bond donors (Lipinski definition) is 1. The Morgan fingerprint density at radius 3 is 2.54 bits per heavy atom. The maximum absolute atomic E-state index is 13.7. The van der Waals surface area contributed by atoms with Crippen LogP contribution < -0.4 is 0 Å². The molecule has 3 rings (SSSR count). The van der Waals surface area contributed by atoms with Gasteiger partial charge < -0.3 is 10.0 Å². The molecule has 0 bridgehead atoms. The summed E-state index contributed by atoms with van der Waals surface area (Å²) in [5.74, 6) is -2.90. The summed E-state index contributed by atoms with van der Waals surface area (Å²) in [5, 5.41) is 20.6. The summed E-state index contributed by atoms with van der Waals surface area (Å²) >= 11 is 0. The lowest BCUT2D eigenvalue weighted by Gasteiger charge is -2.17. The molecule has 1 saturated heterocycles. The van der Waals surface area contributed by atoms with Crippen molar-refractivity contribution in [1.29, 1.82) is 0 Å². The van der Waals surface area contributed by atoms with Crippen LogP contribution in [-0.2, 0) is 4.79 Å². The molecule has 1 heterocycles. The van der Waals surface area contributed by atoms with Gasteiger partial charge in [-0.3, -0.25) is 19.7 Å². The van der Waals surface area contributed by atoms with E-state index in [2.05, 4.69) is 0 Å². The highest BCUT2D eigenvalue weighted by molar-refractivity contribution is 5.99. The van der Waals surface area contributed by atoms with Crippen molar-refractivity contribution >= 4 is 17.6 Å². The Hall–Kier alpha value is -2.51. The molecule has 7 nitrogen and oxygen atoms in total. The van der Waals surface area contributed by atoms with Gasteiger partial charge in [-0.05, 0) is 43.7 Å². The third kappa shape index (κ3) is 2.83. The lowest BCUT2D eigenvalue weighted by molar-refractivity contribution is -0.385. The summed E-state index contributed by atoms with van der Waals surface area (Å²) in [5.41, 5.74) is -0.683. The number of carboxylic acids is 1. The Labute approximate surface area is 137 Å². The van der Waals surface area contributed by atoms with Crippen LogP contribution in [0, 0.1) is 40.6 Å². The predicted octanol–water partition coefficient (Wildman–Crippen LogP) is 2.23. The summed E-state index contributed by atoms with van der Waals surface area (Å²) in [7, 11) is 0. The van der Waals surface area contributed by atoms with Gasteiger partial charge in [-0.15, -0.1) is 0 Å². The summed E-state index contributed by atoms with van der Waals surface area (Å²) in [6.07, 6.45) is 1.88. The van der Waals surface area contributed by atoms with Crippen LogP contribution in [0.5, 0.6) is 0 Å². The number of aryl methyl sites for hydroxylation is 1. The monoisotopic (exact) mass is 336 g/mol. The van der Waals surface area contributed by atoms with Gasteiger partial charge in [-0.2, -0.15) is 0 Å². The van der Waals surface area contributed by atoms with Gasteiger partial charge in [-0.1, -0.05) is 0 Å². The average molecular weight is 336 g/mol. The van der Waals surface area contributed by atoms with Gasteiger partial charge >= 0.3 is 5.97 Å². The van der Waals surface area contributed by atoms with Gasteiger partial charge in [0.15, 0.2) is 0 Å². The predicted molar refractivity (Wildman–Crippen MR) is 81.0 cm³/mol. The second-order valence-corrected chi connectivity index (χ2v) is 6.53. The molecule has 1 aromatic carbocycles. The molecule has 0 aromatic heterocycles. The Morgan fingerprint density at radius 2 is 2.00 bits per heavy atom. The molecule has 1 N–H and O–H groups in total. The van der Waals surface area contributed by atoms with Crippen molar-refractivity contribution in [3.63, 3.8) is 0 Å². The van der Waals surface area contributed by atoms with Gasteiger partial charge in [0, 0.05) is 18.7 Å².